The zero-order chi connectivity index (χ0) is 23.9. The molecule has 4 aromatic rings. The average Bonchev–Trinajstić information content (AvgIpc) is 2.84. The second kappa shape index (κ2) is 10.6. The van der Waals surface area contributed by atoms with Gasteiger partial charge in [-0.1, -0.05) is 60.1 Å². The van der Waals surface area contributed by atoms with Gasteiger partial charge in [-0.2, -0.15) is 5.10 Å². The number of carbonyl (C=O) groups is 2. The molecule has 0 bridgehead atoms. The number of carbonyl (C=O) groups excluding carboxylic acids is 2. The van der Waals surface area contributed by atoms with Crippen LogP contribution in [0.4, 0.5) is 10.1 Å². The van der Waals surface area contributed by atoms with Crippen molar-refractivity contribution >= 4 is 46.1 Å². The van der Waals surface area contributed by atoms with Gasteiger partial charge in [-0.25, -0.2) is 9.82 Å². The molecule has 0 atom stereocenters. The molecule has 2 N–H and O–H groups in total. The second-order valence-corrected chi connectivity index (χ2v) is 7.64. The summed E-state index contributed by atoms with van der Waals surface area (Å²) in [6.45, 7) is -0.345. The number of rotatable bonds is 7. The molecular formula is C26H19ClFN3O3. The number of ether oxygens (including phenoxy) is 1. The normalized spacial score (nSPS) is 10.9. The SMILES string of the molecule is O=C(COc1ccc(C=NNC(=O)c2cccc3ccccc23)cc1Cl)Nc1ccccc1F. The highest BCUT2D eigenvalue weighted by Gasteiger charge is 2.10. The maximum Gasteiger partial charge on any atom is 0.271 e. The lowest BCUT2D eigenvalue weighted by atomic mass is 10.0. The Morgan fingerprint density at radius 3 is 2.56 bits per heavy atom. The maximum absolute atomic E-state index is 13.6. The number of anilines is 1. The Kier molecular flexibility index (Phi) is 7.15. The van der Waals surface area contributed by atoms with Gasteiger partial charge in [0, 0.05) is 5.56 Å². The smallest absolute Gasteiger partial charge is 0.271 e. The molecule has 0 aromatic heterocycles. The van der Waals surface area contributed by atoms with Crippen molar-refractivity contribution in [2.45, 2.75) is 0 Å². The van der Waals surface area contributed by atoms with Crippen LogP contribution in [-0.4, -0.2) is 24.6 Å². The summed E-state index contributed by atoms with van der Waals surface area (Å²) in [7, 11) is 0. The summed E-state index contributed by atoms with van der Waals surface area (Å²) in [5.41, 5.74) is 3.72. The van der Waals surface area contributed by atoms with Gasteiger partial charge in [0.1, 0.15) is 11.6 Å². The van der Waals surface area contributed by atoms with Gasteiger partial charge in [-0.15, -0.1) is 0 Å². The predicted molar refractivity (Wildman–Crippen MR) is 131 cm³/mol. The van der Waals surface area contributed by atoms with Gasteiger partial charge >= 0.3 is 0 Å². The fraction of sp³-hybridized carbons (Fsp3) is 0.0385. The number of hydrogen-bond acceptors (Lipinski definition) is 4. The van der Waals surface area contributed by atoms with Crippen molar-refractivity contribution in [3.8, 4) is 5.75 Å². The standard InChI is InChI=1S/C26H19ClFN3O3/c27-21-14-17(12-13-24(21)34-16-25(32)30-23-11-4-3-10-22(23)28)15-29-31-26(33)20-9-5-7-18-6-1-2-8-19(18)20/h1-15H,16H2,(H,30,32)(H,31,33). The number of nitrogens with one attached hydrogen (secondary N) is 2. The number of hydrazone groups is 1. The van der Waals surface area contributed by atoms with E-state index in [-0.39, 0.29) is 29.0 Å². The van der Waals surface area contributed by atoms with E-state index in [4.69, 9.17) is 16.3 Å². The lowest BCUT2D eigenvalue weighted by Crippen LogP contribution is -2.20. The Morgan fingerprint density at radius 1 is 0.971 bits per heavy atom. The first-order valence-corrected chi connectivity index (χ1v) is 10.7. The van der Waals surface area contributed by atoms with Crippen LogP contribution in [0.3, 0.4) is 0 Å². The summed E-state index contributed by atoms with van der Waals surface area (Å²) in [4.78, 5) is 24.6. The fourth-order valence-corrected chi connectivity index (χ4v) is 3.50. The van der Waals surface area contributed by atoms with Gasteiger partial charge < -0.3 is 10.1 Å². The van der Waals surface area contributed by atoms with Gasteiger partial charge in [-0.05, 0) is 52.7 Å². The van der Waals surface area contributed by atoms with Crippen molar-refractivity contribution in [2.24, 2.45) is 5.10 Å². The minimum absolute atomic E-state index is 0.0688. The molecule has 0 aliphatic heterocycles. The van der Waals surface area contributed by atoms with Crippen molar-refractivity contribution in [3.63, 3.8) is 0 Å². The van der Waals surface area contributed by atoms with Crippen molar-refractivity contribution in [1.82, 2.24) is 5.43 Å². The molecule has 34 heavy (non-hydrogen) atoms. The van der Waals surface area contributed by atoms with E-state index in [1.165, 1.54) is 24.4 Å². The molecule has 0 saturated carbocycles. The Morgan fingerprint density at radius 2 is 1.74 bits per heavy atom. The number of amides is 2. The van der Waals surface area contributed by atoms with Crippen LogP contribution >= 0.6 is 11.6 Å². The van der Waals surface area contributed by atoms with Crippen molar-refractivity contribution in [2.75, 3.05) is 11.9 Å². The molecule has 0 saturated heterocycles. The van der Waals surface area contributed by atoms with Gasteiger partial charge in [0.25, 0.3) is 11.8 Å². The van der Waals surface area contributed by atoms with Gasteiger partial charge in [-0.3, -0.25) is 9.59 Å². The molecule has 2 amide bonds. The monoisotopic (exact) mass is 475 g/mol. The number of para-hydroxylation sites is 1. The molecule has 0 heterocycles. The average molecular weight is 476 g/mol. The summed E-state index contributed by atoms with van der Waals surface area (Å²) >= 11 is 6.24. The Bertz CT molecular complexity index is 1390. The molecule has 170 valence electrons. The van der Waals surface area contributed by atoms with Gasteiger partial charge in [0.2, 0.25) is 0 Å². The topological polar surface area (TPSA) is 79.8 Å². The minimum atomic E-state index is -0.537. The van der Waals surface area contributed by atoms with E-state index < -0.39 is 11.7 Å². The predicted octanol–water partition coefficient (Wildman–Crippen LogP) is 5.41. The number of fused-ring (bicyclic) bond motifs is 1. The zero-order valence-electron chi connectivity index (χ0n) is 17.8. The molecule has 0 fully saturated rings. The Hall–Kier alpha value is -4.23. The highest BCUT2D eigenvalue weighted by Crippen LogP contribution is 2.25. The van der Waals surface area contributed by atoms with E-state index in [0.717, 1.165) is 10.8 Å². The lowest BCUT2D eigenvalue weighted by Gasteiger charge is -2.09. The van der Waals surface area contributed by atoms with E-state index in [1.807, 2.05) is 36.4 Å². The molecule has 0 aliphatic rings. The number of hydrogen-bond donors (Lipinski definition) is 2. The Labute approximate surface area is 200 Å². The highest BCUT2D eigenvalue weighted by molar-refractivity contribution is 6.32. The summed E-state index contributed by atoms with van der Waals surface area (Å²) < 4.78 is 19.1. The maximum atomic E-state index is 13.6. The first-order valence-electron chi connectivity index (χ1n) is 10.3. The number of nitrogens with zero attached hydrogens (tertiary/aromatic N) is 1. The van der Waals surface area contributed by atoms with Crippen LogP contribution in [0.1, 0.15) is 15.9 Å². The third-order valence-corrected chi connectivity index (χ3v) is 5.17. The minimum Gasteiger partial charge on any atom is -0.482 e. The van der Waals surface area contributed by atoms with E-state index in [9.17, 15) is 14.0 Å². The highest BCUT2D eigenvalue weighted by atomic mass is 35.5. The molecule has 0 aliphatic carbocycles. The molecule has 4 aromatic carbocycles. The van der Waals surface area contributed by atoms with Crippen LogP contribution in [0, 0.1) is 5.82 Å². The molecule has 0 unspecified atom stereocenters. The summed E-state index contributed by atoms with van der Waals surface area (Å²) in [5, 5.41) is 8.48. The van der Waals surface area contributed by atoms with Crippen molar-refractivity contribution < 1.29 is 18.7 Å². The molecule has 8 heteroatoms. The fourth-order valence-electron chi connectivity index (χ4n) is 3.26. The summed E-state index contributed by atoms with van der Waals surface area (Å²) in [6.07, 6.45) is 1.45. The number of benzene rings is 4. The number of halogens is 2. The van der Waals surface area contributed by atoms with E-state index in [1.54, 1.807) is 30.3 Å². The van der Waals surface area contributed by atoms with Crippen molar-refractivity contribution in [3.05, 3.63) is 107 Å². The van der Waals surface area contributed by atoms with Crippen LogP contribution in [0.15, 0.2) is 90.0 Å². The third kappa shape index (κ3) is 5.57. The Balaban J connectivity index is 1.34. The summed E-state index contributed by atoms with van der Waals surface area (Å²) in [5.74, 6) is -1.12. The molecule has 0 radical (unpaired) electrons. The molecular weight excluding hydrogens is 457 g/mol. The molecule has 4 rings (SSSR count). The first kappa shape index (κ1) is 22.9. The first-order chi connectivity index (χ1) is 16.5. The van der Waals surface area contributed by atoms with Crippen LogP contribution in [0.5, 0.6) is 5.75 Å². The molecule has 0 spiro atoms. The van der Waals surface area contributed by atoms with E-state index in [2.05, 4.69) is 15.8 Å². The van der Waals surface area contributed by atoms with E-state index in [0.29, 0.717) is 11.1 Å². The van der Waals surface area contributed by atoms with Gasteiger partial charge in [0.15, 0.2) is 6.61 Å². The zero-order valence-corrected chi connectivity index (χ0v) is 18.6. The summed E-state index contributed by atoms with van der Waals surface area (Å²) in [6, 6.07) is 23.8. The second-order valence-electron chi connectivity index (χ2n) is 7.23. The van der Waals surface area contributed by atoms with Crippen molar-refractivity contribution in [1.29, 1.82) is 0 Å². The van der Waals surface area contributed by atoms with Crippen LogP contribution in [0.2, 0.25) is 5.02 Å². The van der Waals surface area contributed by atoms with Crippen LogP contribution in [0.25, 0.3) is 10.8 Å². The van der Waals surface area contributed by atoms with E-state index >= 15 is 0 Å². The lowest BCUT2D eigenvalue weighted by molar-refractivity contribution is -0.118. The third-order valence-electron chi connectivity index (χ3n) is 4.88. The van der Waals surface area contributed by atoms with Crippen LogP contribution < -0.4 is 15.5 Å². The largest absolute Gasteiger partial charge is 0.482 e. The molecule has 6 nitrogen and oxygen atoms in total. The quantitative estimate of drug-likeness (QED) is 0.277. The van der Waals surface area contributed by atoms with Crippen LogP contribution in [-0.2, 0) is 4.79 Å². The van der Waals surface area contributed by atoms with Gasteiger partial charge in [0.05, 0.1) is 16.9 Å².